The molecule has 4 rings (SSSR count). The Kier molecular flexibility index (Phi) is 5.97. The van der Waals surface area contributed by atoms with E-state index in [0.717, 1.165) is 5.56 Å². The Hall–Kier alpha value is -3.98. The lowest BCUT2D eigenvalue weighted by Gasteiger charge is -2.20. The molecule has 3 N–H and O–H groups in total. The van der Waals surface area contributed by atoms with Crippen molar-refractivity contribution < 1.29 is 24.2 Å². The van der Waals surface area contributed by atoms with Crippen molar-refractivity contribution in [2.75, 3.05) is 24.4 Å². The van der Waals surface area contributed by atoms with E-state index in [4.69, 9.17) is 9.47 Å². The zero-order valence-corrected chi connectivity index (χ0v) is 18.5. The number of rotatable bonds is 7. The first-order valence-corrected chi connectivity index (χ1v) is 10.3. The molecule has 9 nitrogen and oxygen atoms in total. The minimum Gasteiger partial charge on any atom is -0.465 e. The van der Waals surface area contributed by atoms with Crippen molar-refractivity contribution in [2.45, 2.75) is 25.5 Å². The van der Waals surface area contributed by atoms with Crippen LogP contribution in [0.5, 0.6) is 0 Å². The number of aliphatic hydroxyl groups excluding tert-OH is 1. The second-order valence-corrected chi connectivity index (χ2v) is 8.01. The van der Waals surface area contributed by atoms with E-state index in [2.05, 4.69) is 20.6 Å². The molecule has 1 aliphatic heterocycles. The van der Waals surface area contributed by atoms with Crippen LogP contribution < -0.4 is 10.6 Å². The van der Waals surface area contributed by atoms with Crippen LogP contribution in [-0.4, -0.2) is 40.7 Å². The number of nitrogens with one attached hydrogen (secondary N) is 2. The minimum absolute atomic E-state index is 0.189. The standard InChI is InChI=1S/C24H24N4O5/c1-24(2)21-15(23(31)33-24)9-10-19(28-21)27-20-11-17(16(12-25-20)22(30)32-3)26-18(13-29)14-7-5-4-6-8-14/h4-12,18,29H,13H2,1-3H3,(H2,25,26,27,28). The Morgan fingerprint density at radius 2 is 1.94 bits per heavy atom. The van der Waals surface area contributed by atoms with Gasteiger partial charge < -0.3 is 25.2 Å². The number of esters is 2. The number of cyclic esters (lactones) is 1. The highest BCUT2D eigenvalue weighted by atomic mass is 16.6. The number of carbonyl (C=O) groups is 2. The summed E-state index contributed by atoms with van der Waals surface area (Å²) in [5.41, 5.74) is 1.64. The van der Waals surface area contributed by atoms with Gasteiger partial charge in [-0.15, -0.1) is 0 Å². The number of anilines is 3. The van der Waals surface area contributed by atoms with E-state index in [1.807, 2.05) is 30.3 Å². The molecular weight excluding hydrogens is 424 g/mol. The van der Waals surface area contributed by atoms with E-state index in [-0.39, 0.29) is 12.2 Å². The van der Waals surface area contributed by atoms with Crippen LogP contribution >= 0.6 is 0 Å². The number of ether oxygens (including phenoxy) is 2. The highest BCUT2D eigenvalue weighted by Crippen LogP contribution is 2.35. The van der Waals surface area contributed by atoms with E-state index >= 15 is 0 Å². The molecule has 2 aromatic heterocycles. The van der Waals surface area contributed by atoms with Gasteiger partial charge in [-0.2, -0.15) is 0 Å². The highest BCUT2D eigenvalue weighted by Gasteiger charge is 2.39. The molecule has 0 radical (unpaired) electrons. The third-order valence-corrected chi connectivity index (χ3v) is 5.31. The van der Waals surface area contributed by atoms with Gasteiger partial charge in [-0.3, -0.25) is 0 Å². The second-order valence-electron chi connectivity index (χ2n) is 8.01. The van der Waals surface area contributed by atoms with Crippen molar-refractivity contribution in [1.82, 2.24) is 9.97 Å². The van der Waals surface area contributed by atoms with Crippen LogP contribution in [-0.2, 0) is 15.1 Å². The first-order chi connectivity index (χ1) is 15.8. The summed E-state index contributed by atoms with van der Waals surface area (Å²) >= 11 is 0. The SMILES string of the molecule is COC(=O)c1cnc(Nc2ccc3c(n2)C(C)(C)OC3=O)cc1NC(CO)c1ccccc1. The van der Waals surface area contributed by atoms with Crippen LogP contribution in [0.3, 0.4) is 0 Å². The summed E-state index contributed by atoms with van der Waals surface area (Å²) in [4.78, 5) is 33.1. The summed E-state index contributed by atoms with van der Waals surface area (Å²) in [6.07, 6.45) is 1.39. The molecule has 1 unspecified atom stereocenters. The summed E-state index contributed by atoms with van der Waals surface area (Å²) in [7, 11) is 1.29. The summed E-state index contributed by atoms with van der Waals surface area (Å²) in [5, 5.41) is 16.2. The number of aromatic nitrogens is 2. The van der Waals surface area contributed by atoms with Crippen LogP contribution in [0.2, 0.25) is 0 Å². The van der Waals surface area contributed by atoms with E-state index < -0.39 is 23.6 Å². The maximum atomic E-state index is 12.3. The number of pyridine rings is 2. The van der Waals surface area contributed by atoms with Gasteiger partial charge >= 0.3 is 11.9 Å². The van der Waals surface area contributed by atoms with E-state index in [1.54, 1.807) is 32.0 Å². The number of carbonyl (C=O) groups excluding carboxylic acids is 2. The zero-order valence-electron chi connectivity index (χ0n) is 18.5. The van der Waals surface area contributed by atoms with Crippen molar-refractivity contribution in [2.24, 2.45) is 0 Å². The van der Waals surface area contributed by atoms with Crippen LogP contribution in [0, 0.1) is 0 Å². The van der Waals surface area contributed by atoms with Gasteiger partial charge in [-0.25, -0.2) is 19.6 Å². The third-order valence-electron chi connectivity index (χ3n) is 5.31. The molecule has 0 bridgehead atoms. The minimum atomic E-state index is -0.830. The predicted octanol–water partition coefficient (Wildman–Crippen LogP) is 3.56. The topological polar surface area (TPSA) is 123 Å². The Labute approximate surface area is 190 Å². The van der Waals surface area contributed by atoms with Gasteiger partial charge in [0.1, 0.15) is 28.5 Å². The predicted molar refractivity (Wildman–Crippen MR) is 121 cm³/mol. The molecule has 170 valence electrons. The Morgan fingerprint density at radius 3 is 2.64 bits per heavy atom. The van der Waals surface area contributed by atoms with Crippen molar-refractivity contribution >= 4 is 29.3 Å². The molecule has 3 aromatic rings. The summed E-state index contributed by atoms with van der Waals surface area (Å²) in [6.45, 7) is 3.36. The third kappa shape index (κ3) is 4.49. The lowest BCUT2D eigenvalue weighted by atomic mass is 10.0. The van der Waals surface area contributed by atoms with Gasteiger partial charge in [0.25, 0.3) is 0 Å². The van der Waals surface area contributed by atoms with Gasteiger partial charge in [0.05, 0.1) is 31.0 Å². The molecule has 1 aliphatic rings. The first kappa shape index (κ1) is 22.2. The average molecular weight is 448 g/mol. The number of hydrogen-bond donors (Lipinski definition) is 3. The fraction of sp³-hybridized carbons (Fsp3) is 0.250. The molecule has 1 atom stereocenters. The van der Waals surface area contributed by atoms with Gasteiger partial charge in [0, 0.05) is 12.3 Å². The molecule has 33 heavy (non-hydrogen) atoms. The van der Waals surface area contributed by atoms with Crippen molar-refractivity contribution in [3.05, 3.63) is 77.1 Å². The van der Waals surface area contributed by atoms with E-state index in [0.29, 0.717) is 28.6 Å². The maximum Gasteiger partial charge on any atom is 0.341 e. The molecule has 0 saturated carbocycles. The Morgan fingerprint density at radius 1 is 1.18 bits per heavy atom. The fourth-order valence-electron chi connectivity index (χ4n) is 3.64. The molecule has 0 aliphatic carbocycles. The molecule has 3 heterocycles. The van der Waals surface area contributed by atoms with E-state index in [1.165, 1.54) is 13.3 Å². The van der Waals surface area contributed by atoms with Gasteiger partial charge in [-0.1, -0.05) is 30.3 Å². The van der Waals surface area contributed by atoms with Crippen LogP contribution in [0.1, 0.15) is 51.9 Å². The quantitative estimate of drug-likeness (QED) is 0.466. The lowest BCUT2D eigenvalue weighted by molar-refractivity contribution is 0.00832. The maximum absolute atomic E-state index is 12.3. The lowest BCUT2D eigenvalue weighted by Crippen LogP contribution is -2.18. The average Bonchev–Trinajstić information content (AvgIpc) is 3.05. The largest absolute Gasteiger partial charge is 0.465 e. The van der Waals surface area contributed by atoms with Gasteiger partial charge in [-0.05, 0) is 31.5 Å². The number of hydrogen-bond acceptors (Lipinski definition) is 9. The number of methoxy groups -OCH3 is 1. The molecule has 0 saturated heterocycles. The van der Waals surface area contributed by atoms with Crippen molar-refractivity contribution in [3.8, 4) is 0 Å². The van der Waals surface area contributed by atoms with Crippen LogP contribution in [0.25, 0.3) is 0 Å². The smallest absolute Gasteiger partial charge is 0.341 e. The van der Waals surface area contributed by atoms with Crippen LogP contribution in [0.15, 0.2) is 54.7 Å². The molecule has 0 fully saturated rings. The van der Waals surface area contributed by atoms with Gasteiger partial charge in [0.2, 0.25) is 0 Å². The molecule has 1 aromatic carbocycles. The second kappa shape index (κ2) is 8.87. The molecule has 0 spiro atoms. The zero-order chi connectivity index (χ0) is 23.6. The summed E-state index contributed by atoms with van der Waals surface area (Å²) in [5.74, 6) is -0.0945. The monoisotopic (exact) mass is 448 g/mol. The van der Waals surface area contributed by atoms with Crippen molar-refractivity contribution in [3.63, 3.8) is 0 Å². The normalized spacial score (nSPS) is 14.7. The fourth-order valence-corrected chi connectivity index (χ4v) is 3.64. The Bertz CT molecular complexity index is 1200. The highest BCUT2D eigenvalue weighted by molar-refractivity contribution is 5.96. The number of nitrogens with zero attached hydrogens (tertiary/aromatic N) is 2. The number of benzene rings is 1. The summed E-state index contributed by atoms with van der Waals surface area (Å²) < 4.78 is 10.2. The molecule has 9 heteroatoms. The number of aliphatic hydroxyl groups is 1. The van der Waals surface area contributed by atoms with Gasteiger partial charge in [0.15, 0.2) is 0 Å². The van der Waals surface area contributed by atoms with Crippen LogP contribution in [0.4, 0.5) is 17.3 Å². The molecular formula is C24H24N4O5. The molecule has 0 amide bonds. The Balaban J connectivity index is 1.65. The number of fused-ring (bicyclic) bond motifs is 1. The first-order valence-electron chi connectivity index (χ1n) is 10.3. The summed E-state index contributed by atoms with van der Waals surface area (Å²) in [6, 6.07) is 13.9. The van der Waals surface area contributed by atoms with Crippen molar-refractivity contribution in [1.29, 1.82) is 0 Å². The van der Waals surface area contributed by atoms with E-state index in [9.17, 15) is 14.7 Å².